The van der Waals surface area contributed by atoms with Gasteiger partial charge in [0.2, 0.25) is 0 Å². The molecule has 1 atom stereocenters. The van der Waals surface area contributed by atoms with E-state index in [2.05, 4.69) is 5.43 Å². The van der Waals surface area contributed by atoms with Crippen molar-refractivity contribution in [2.24, 2.45) is 11.6 Å². The van der Waals surface area contributed by atoms with Gasteiger partial charge in [-0.1, -0.05) is 42.5 Å². The van der Waals surface area contributed by atoms with Gasteiger partial charge in [-0.05, 0) is 16.3 Å². The van der Waals surface area contributed by atoms with Crippen molar-refractivity contribution in [3.63, 3.8) is 0 Å². The van der Waals surface area contributed by atoms with Crippen molar-refractivity contribution >= 4 is 16.7 Å². The summed E-state index contributed by atoms with van der Waals surface area (Å²) in [6.07, 6.45) is 0. The zero-order valence-electron chi connectivity index (χ0n) is 8.68. The lowest BCUT2D eigenvalue weighted by Crippen LogP contribution is -2.38. The van der Waals surface area contributed by atoms with Gasteiger partial charge in [-0.15, -0.1) is 0 Å². The number of hydrogen-bond donors (Lipinski definition) is 3. The normalized spacial score (nSPS) is 12.4. The molecule has 82 valence electrons. The lowest BCUT2D eigenvalue weighted by Gasteiger charge is -2.12. The van der Waals surface area contributed by atoms with Gasteiger partial charge in [0.25, 0.3) is 5.91 Å². The lowest BCUT2D eigenvalue weighted by molar-refractivity contribution is -0.122. The maximum Gasteiger partial charge on any atom is 0.255 e. The number of fused-ring (bicyclic) bond motifs is 1. The monoisotopic (exact) mass is 215 g/mol. The fourth-order valence-corrected chi connectivity index (χ4v) is 1.75. The molecule has 1 unspecified atom stereocenters. The lowest BCUT2D eigenvalue weighted by atomic mass is 9.99. The topological polar surface area (TPSA) is 81.1 Å². The number of rotatable bonds is 2. The summed E-state index contributed by atoms with van der Waals surface area (Å²) in [6.45, 7) is 0. The zero-order chi connectivity index (χ0) is 11.5. The molecule has 0 aliphatic rings. The van der Waals surface area contributed by atoms with E-state index in [1.165, 1.54) is 0 Å². The first-order chi connectivity index (χ1) is 7.74. The molecule has 0 aromatic heterocycles. The van der Waals surface area contributed by atoms with Crippen molar-refractivity contribution in [1.82, 2.24) is 5.43 Å². The van der Waals surface area contributed by atoms with Gasteiger partial charge in [0.05, 0.1) is 0 Å². The molecule has 0 aliphatic heterocycles. The Morgan fingerprint density at radius 1 is 1.12 bits per heavy atom. The maximum atomic E-state index is 11.4. The first kappa shape index (κ1) is 10.6. The number of nitrogens with one attached hydrogen (secondary N) is 1. The second kappa shape index (κ2) is 4.30. The van der Waals surface area contributed by atoms with Crippen LogP contribution in [0.1, 0.15) is 11.6 Å². The molecule has 4 heteroatoms. The summed E-state index contributed by atoms with van der Waals surface area (Å²) in [5.41, 5.74) is 8.67. The molecular formula is C12H13N3O. The number of nitrogens with two attached hydrogens (primary N) is 2. The fourth-order valence-electron chi connectivity index (χ4n) is 1.75. The van der Waals surface area contributed by atoms with Crippen LogP contribution in [-0.2, 0) is 4.79 Å². The summed E-state index contributed by atoms with van der Waals surface area (Å²) in [7, 11) is 0. The van der Waals surface area contributed by atoms with Crippen molar-refractivity contribution in [3.8, 4) is 0 Å². The van der Waals surface area contributed by atoms with E-state index in [0.29, 0.717) is 0 Å². The quantitative estimate of drug-likeness (QED) is 0.394. The predicted molar refractivity (Wildman–Crippen MR) is 63.2 cm³/mol. The average Bonchev–Trinajstić information content (AvgIpc) is 2.36. The Balaban J connectivity index is 2.56. The summed E-state index contributed by atoms with van der Waals surface area (Å²) in [5, 5.41) is 2.03. The largest absolute Gasteiger partial charge is 0.316 e. The standard InChI is InChI=1S/C12H13N3O/c13-11(12(16)15-14)10-7-3-5-8-4-1-2-6-9(8)10/h1-7,11H,13-14H2,(H,15,16). The van der Waals surface area contributed by atoms with Crippen LogP contribution < -0.4 is 17.0 Å². The first-order valence-corrected chi connectivity index (χ1v) is 4.97. The smallest absolute Gasteiger partial charge is 0.255 e. The van der Waals surface area contributed by atoms with Crippen LogP contribution in [0.4, 0.5) is 0 Å². The molecule has 0 saturated carbocycles. The Bertz CT molecular complexity index is 519. The molecule has 2 rings (SSSR count). The number of amides is 1. The predicted octanol–water partition coefficient (Wildman–Crippen LogP) is 0.830. The number of hydrazine groups is 1. The molecule has 1 amide bonds. The van der Waals surface area contributed by atoms with Crippen LogP contribution in [0, 0.1) is 0 Å². The molecule has 0 fully saturated rings. The molecule has 4 nitrogen and oxygen atoms in total. The highest BCUT2D eigenvalue weighted by molar-refractivity contribution is 5.92. The van der Waals surface area contributed by atoms with Crippen LogP contribution >= 0.6 is 0 Å². The van der Waals surface area contributed by atoms with Crippen molar-refractivity contribution in [2.75, 3.05) is 0 Å². The third-order valence-electron chi connectivity index (χ3n) is 2.58. The van der Waals surface area contributed by atoms with Crippen LogP contribution in [0.5, 0.6) is 0 Å². The van der Waals surface area contributed by atoms with Crippen LogP contribution in [0.25, 0.3) is 10.8 Å². The van der Waals surface area contributed by atoms with Crippen LogP contribution in [-0.4, -0.2) is 5.91 Å². The van der Waals surface area contributed by atoms with Gasteiger partial charge in [-0.3, -0.25) is 10.2 Å². The van der Waals surface area contributed by atoms with Gasteiger partial charge >= 0.3 is 0 Å². The maximum absolute atomic E-state index is 11.4. The average molecular weight is 215 g/mol. The van der Waals surface area contributed by atoms with E-state index in [4.69, 9.17) is 11.6 Å². The van der Waals surface area contributed by atoms with E-state index >= 15 is 0 Å². The highest BCUT2D eigenvalue weighted by Crippen LogP contribution is 2.22. The summed E-state index contributed by atoms with van der Waals surface area (Å²) in [4.78, 5) is 11.4. The number of carbonyl (C=O) groups is 1. The second-order valence-corrected chi connectivity index (χ2v) is 3.55. The second-order valence-electron chi connectivity index (χ2n) is 3.55. The Labute approximate surface area is 93.2 Å². The Morgan fingerprint density at radius 2 is 1.81 bits per heavy atom. The number of carbonyl (C=O) groups excluding carboxylic acids is 1. The van der Waals surface area contributed by atoms with Crippen molar-refractivity contribution < 1.29 is 4.79 Å². The zero-order valence-corrected chi connectivity index (χ0v) is 8.68. The summed E-state index contributed by atoms with van der Waals surface area (Å²) < 4.78 is 0. The molecule has 0 aliphatic carbocycles. The molecular weight excluding hydrogens is 202 g/mol. The van der Waals surface area contributed by atoms with Gasteiger partial charge in [0, 0.05) is 0 Å². The molecule has 5 N–H and O–H groups in total. The highest BCUT2D eigenvalue weighted by Gasteiger charge is 2.16. The minimum Gasteiger partial charge on any atom is -0.316 e. The van der Waals surface area contributed by atoms with Gasteiger partial charge < -0.3 is 5.73 Å². The van der Waals surface area contributed by atoms with Gasteiger partial charge in [-0.2, -0.15) is 0 Å². The van der Waals surface area contributed by atoms with E-state index in [0.717, 1.165) is 16.3 Å². The molecule has 0 radical (unpaired) electrons. The third kappa shape index (κ3) is 1.76. The van der Waals surface area contributed by atoms with E-state index in [9.17, 15) is 4.79 Å². The van der Waals surface area contributed by atoms with Gasteiger partial charge in [0.15, 0.2) is 0 Å². The van der Waals surface area contributed by atoms with Crippen LogP contribution in [0.2, 0.25) is 0 Å². The van der Waals surface area contributed by atoms with Crippen molar-refractivity contribution in [1.29, 1.82) is 0 Å². The number of benzene rings is 2. The summed E-state index contributed by atoms with van der Waals surface area (Å²) in [6, 6.07) is 12.7. The Morgan fingerprint density at radius 3 is 2.56 bits per heavy atom. The van der Waals surface area contributed by atoms with Crippen molar-refractivity contribution in [3.05, 3.63) is 48.0 Å². The van der Waals surface area contributed by atoms with E-state index in [-0.39, 0.29) is 0 Å². The molecule has 2 aromatic rings. The molecule has 0 heterocycles. The number of hydrogen-bond acceptors (Lipinski definition) is 3. The van der Waals surface area contributed by atoms with E-state index in [1.54, 1.807) is 0 Å². The molecule has 0 spiro atoms. The Hall–Kier alpha value is -1.91. The van der Waals surface area contributed by atoms with E-state index in [1.807, 2.05) is 42.5 Å². The SMILES string of the molecule is NNC(=O)C(N)c1cccc2ccccc12. The van der Waals surface area contributed by atoms with Crippen LogP contribution in [0.15, 0.2) is 42.5 Å². The van der Waals surface area contributed by atoms with Crippen LogP contribution in [0.3, 0.4) is 0 Å². The van der Waals surface area contributed by atoms with Gasteiger partial charge in [0.1, 0.15) is 6.04 Å². The molecule has 2 aromatic carbocycles. The first-order valence-electron chi connectivity index (χ1n) is 4.97. The highest BCUT2D eigenvalue weighted by atomic mass is 16.2. The summed E-state index contributed by atoms with van der Waals surface area (Å²) >= 11 is 0. The van der Waals surface area contributed by atoms with Crippen molar-refractivity contribution in [2.45, 2.75) is 6.04 Å². The Kier molecular flexibility index (Phi) is 2.85. The molecule has 0 saturated heterocycles. The molecule has 0 bridgehead atoms. The summed E-state index contributed by atoms with van der Waals surface area (Å²) in [5.74, 6) is 4.68. The van der Waals surface area contributed by atoms with Gasteiger partial charge in [-0.25, -0.2) is 5.84 Å². The third-order valence-corrected chi connectivity index (χ3v) is 2.58. The fraction of sp³-hybridized carbons (Fsp3) is 0.0833. The molecule has 16 heavy (non-hydrogen) atoms. The minimum absolute atomic E-state index is 0.392. The van der Waals surface area contributed by atoms with E-state index < -0.39 is 11.9 Å². The minimum atomic E-state index is -0.740.